The zero-order valence-electron chi connectivity index (χ0n) is 11.6. The lowest BCUT2D eigenvalue weighted by Gasteiger charge is -2.08. The van der Waals surface area contributed by atoms with E-state index in [0.717, 1.165) is 4.47 Å². The van der Waals surface area contributed by atoms with Crippen LogP contribution in [0.1, 0.15) is 10.4 Å². The Morgan fingerprint density at radius 3 is 2.64 bits per heavy atom. The number of rotatable bonds is 6. The van der Waals surface area contributed by atoms with E-state index in [1.165, 1.54) is 6.07 Å². The highest BCUT2D eigenvalue weighted by Crippen LogP contribution is 2.22. The van der Waals surface area contributed by atoms with E-state index in [9.17, 15) is 14.9 Å². The van der Waals surface area contributed by atoms with E-state index in [0.29, 0.717) is 24.3 Å². The van der Waals surface area contributed by atoms with Gasteiger partial charge in [0.2, 0.25) is 0 Å². The average Bonchev–Trinajstić information content (AvgIpc) is 2.51. The smallest absolute Gasteiger partial charge is 0.292 e. The van der Waals surface area contributed by atoms with Crippen molar-refractivity contribution in [1.29, 1.82) is 0 Å². The summed E-state index contributed by atoms with van der Waals surface area (Å²) in [6.45, 7) is 0.752. The Hall–Kier alpha value is -2.41. The molecule has 114 valence electrons. The average molecular weight is 364 g/mol. The first-order chi connectivity index (χ1) is 10.6. The molecule has 0 fully saturated rings. The first kappa shape index (κ1) is 16.0. The number of amides is 1. The molecule has 2 N–H and O–H groups in total. The van der Waals surface area contributed by atoms with Crippen LogP contribution in [0.4, 0.5) is 11.4 Å². The Morgan fingerprint density at radius 2 is 1.91 bits per heavy atom. The molecule has 0 saturated heterocycles. The predicted molar refractivity (Wildman–Crippen MR) is 88.1 cm³/mol. The molecule has 0 aliphatic rings. The second-order valence-corrected chi connectivity index (χ2v) is 5.38. The van der Waals surface area contributed by atoms with Gasteiger partial charge in [0.1, 0.15) is 5.69 Å². The van der Waals surface area contributed by atoms with Crippen LogP contribution >= 0.6 is 15.9 Å². The number of nitrogens with zero attached hydrogens (tertiary/aromatic N) is 1. The second kappa shape index (κ2) is 7.56. The van der Waals surface area contributed by atoms with E-state index >= 15 is 0 Å². The predicted octanol–water partition coefficient (Wildman–Crippen LogP) is 3.20. The SMILES string of the molecule is O=C(NCCNc1ccccc1[N+](=O)[O-])c1cccc(Br)c1. The number of anilines is 1. The van der Waals surface area contributed by atoms with Crippen molar-refractivity contribution < 1.29 is 9.72 Å². The lowest BCUT2D eigenvalue weighted by molar-refractivity contribution is -0.384. The molecule has 0 radical (unpaired) electrons. The minimum atomic E-state index is -0.442. The number of nitro groups is 1. The standard InChI is InChI=1S/C15H14BrN3O3/c16-12-5-3-4-11(10-12)15(20)18-9-8-17-13-6-1-2-7-14(13)19(21)22/h1-7,10,17H,8-9H2,(H,18,20). The summed E-state index contributed by atoms with van der Waals surface area (Å²) >= 11 is 3.31. The Balaban J connectivity index is 1.85. The lowest BCUT2D eigenvalue weighted by atomic mass is 10.2. The summed E-state index contributed by atoms with van der Waals surface area (Å²) in [5.74, 6) is -0.189. The van der Waals surface area contributed by atoms with Crippen LogP contribution in [0.25, 0.3) is 0 Å². The van der Waals surface area contributed by atoms with Crippen molar-refractivity contribution in [1.82, 2.24) is 5.32 Å². The van der Waals surface area contributed by atoms with Gasteiger partial charge in [0.15, 0.2) is 0 Å². The number of hydrogen-bond donors (Lipinski definition) is 2. The topological polar surface area (TPSA) is 84.3 Å². The molecule has 2 aromatic carbocycles. The van der Waals surface area contributed by atoms with Gasteiger partial charge in [-0.05, 0) is 24.3 Å². The number of para-hydroxylation sites is 2. The third-order valence-corrected chi connectivity index (χ3v) is 3.41. The molecule has 0 saturated carbocycles. The van der Waals surface area contributed by atoms with Gasteiger partial charge >= 0.3 is 0 Å². The lowest BCUT2D eigenvalue weighted by Crippen LogP contribution is -2.28. The van der Waals surface area contributed by atoms with Crippen LogP contribution < -0.4 is 10.6 Å². The zero-order valence-corrected chi connectivity index (χ0v) is 13.2. The Morgan fingerprint density at radius 1 is 1.14 bits per heavy atom. The molecule has 0 aliphatic carbocycles. The van der Waals surface area contributed by atoms with Crippen LogP contribution in [-0.4, -0.2) is 23.9 Å². The van der Waals surface area contributed by atoms with Crippen molar-refractivity contribution in [3.05, 3.63) is 68.7 Å². The third-order valence-electron chi connectivity index (χ3n) is 2.91. The molecule has 7 heteroatoms. The van der Waals surface area contributed by atoms with Crippen molar-refractivity contribution in [2.75, 3.05) is 18.4 Å². The maximum Gasteiger partial charge on any atom is 0.292 e. The molecule has 1 amide bonds. The van der Waals surface area contributed by atoms with Gasteiger partial charge in [-0.2, -0.15) is 0 Å². The number of carbonyl (C=O) groups excluding carboxylic acids is 1. The first-order valence-corrected chi connectivity index (χ1v) is 7.38. The molecule has 0 bridgehead atoms. The Bertz CT molecular complexity index is 691. The van der Waals surface area contributed by atoms with Crippen molar-refractivity contribution in [3.63, 3.8) is 0 Å². The van der Waals surface area contributed by atoms with Crippen LogP contribution in [0.15, 0.2) is 53.0 Å². The zero-order chi connectivity index (χ0) is 15.9. The normalized spacial score (nSPS) is 10.0. The van der Waals surface area contributed by atoms with E-state index in [2.05, 4.69) is 26.6 Å². The number of halogens is 1. The fraction of sp³-hybridized carbons (Fsp3) is 0.133. The van der Waals surface area contributed by atoms with Crippen molar-refractivity contribution in [2.24, 2.45) is 0 Å². The van der Waals surface area contributed by atoms with Crippen LogP contribution in [0.2, 0.25) is 0 Å². The van der Waals surface area contributed by atoms with Crippen LogP contribution in [0, 0.1) is 10.1 Å². The first-order valence-electron chi connectivity index (χ1n) is 6.59. The van der Waals surface area contributed by atoms with E-state index in [1.807, 2.05) is 6.07 Å². The monoisotopic (exact) mass is 363 g/mol. The fourth-order valence-electron chi connectivity index (χ4n) is 1.89. The summed E-state index contributed by atoms with van der Waals surface area (Å²) in [5.41, 5.74) is 1.00. The molecule has 0 heterocycles. The second-order valence-electron chi connectivity index (χ2n) is 4.47. The summed E-state index contributed by atoms with van der Waals surface area (Å²) in [6.07, 6.45) is 0. The van der Waals surface area contributed by atoms with E-state index < -0.39 is 4.92 Å². The molecule has 0 aromatic heterocycles. The van der Waals surface area contributed by atoms with E-state index in [-0.39, 0.29) is 11.6 Å². The van der Waals surface area contributed by atoms with Crippen molar-refractivity contribution in [3.8, 4) is 0 Å². The summed E-state index contributed by atoms with van der Waals surface area (Å²) in [4.78, 5) is 22.3. The fourth-order valence-corrected chi connectivity index (χ4v) is 2.29. The Labute approximate surface area is 135 Å². The molecule has 0 unspecified atom stereocenters. The minimum absolute atomic E-state index is 0.0146. The van der Waals surface area contributed by atoms with Crippen molar-refractivity contribution >= 4 is 33.2 Å². The van der Waals surface area contributed by atoms with Gasteiger partial charge in [-0.15, -0.1) is 0 Å². The molecule has 2 rings (SSSR count). The molecule has 6 nitrogen and oxygen atoms in total. The van der Waals surface area contributed by atoms with Crippen LogP contribution in [-0.2, 0) is 0 Å². The van der Waals surface area contributed by atoms with Crippen LogP contribution in [0.3, 0.4) is 0 Å². The highest BCUT2D eigenvalue weighted by atomic mass is 79.9. The maximum atomic E-state index is 11.9. The van der Waals surface area contributed by atoms with Gasteiger partial charge < -0.3 is 10.6 Å². The molecular formula is C15H14BrN3O3. The van der Waals surface area contributed by atoms with Crippen molar-refractivity contribution in [2.45, 2.75) is 0 Å². The van der Waals surface area contributed by atoms with Crippen LogP contribution in [0.5, 0.6) is 0 Å². The largest absolute Gasteiger partial charge is 0.378 e. The molecule has 2 aromatic rings. The number of nitrogens with one attached hydrogen (secondary N) is 2. The highest BCUT2D eigenvalue weighted by molar-refractivity contribution is 9.10. The summed E-state index contributed by atoms with van der Waals surface area (Å²) < 4.78 is 0.832. The van der Waals surface area contributed by atoms with E-state index in [1.54, 1.807) is 36.4 Å². The number of nitro benzene ring substituents is 1. The van der Waals surface area contributed by atoms with Gasteiger partial charge in [0.25, 0.3) is 11.6 Å². The maximum absolute atomic E-state index is 11.9. The summed E-state index contributed by atoms with van der Waals surface area (Å²) in [7, 11) is 0. The number of benzene rings is 2. The van der Waals surface area contributed by atoms with Gasteiger partial charge in [-0.3, -0.25) is 14.9 Å². The Kier molecular flexibility index (Phi) is 5.48. The van der Waals surface area contributed by atoms with E-state index in [4.69, 9.17) is 0 Å². The van der Waals surface area contributed by atoms with Gasteiger partial charge in [-0.25, -0.2) is 0 Å². The number of hydrogen-bond acceptors (Lipinski definition) is 4. The highest BCUT2D eigenvalue weighted by Gasteiger charge is 2.11. The third kappa shape index (κ3) is 4.29. The minimum Gasteiger partial charge on any atom is -0.378 e. The molecule has 0 aliphatic heterocycles. The quantitative estimate of drug-likeness (QED) is 0.468. The summed E-state index contributed by atoms with van der Waals surface area (Å²) in [5, 5.41) is 16.6. The molecule has 0 atom stereocenters. The van der Waals surface area contributed by atoms with Gasteiger partial charge in [-0.1, -0.05) is 34.1 Å². The molecule has 0 spiro atoms. The van der Waals surface area contributed by atoms with Gasteiger partial charge in [0, 0.05) is 29.2 Å². The number of carbonyl (C=O) groups is 1. The molecular weight excluding hydrogens is 350 g/mol. The summed E-state index contributed by atoms with van der Waals surface area (Å²) in [6, 6.07) is 13.5. The van der Waals surface area contributed by atoms with Gasteiger partial charge in [0.05, 0.1) is 4.92 Å². The molecule has 22 heavy (non-hydrogen) atoms.